The Balaban J connectivity index is 2.37. The Morgan fingerprint density at radius 1 is 1.08 bits per heavy atom. The van der Waals surface area contributed by atoms with Crippen molar-refractivity contribution in [1.82, 2.24) is 3.97 Å². The van der Waals surface area contributed by atoms with E-state index in [0.29, 0.717) is 16.8 Å². The smallest absolute Gasteiger partial charge is 0.330 e. The molecule has 134 valence electrons. The van der Waals surface area contributed by atoms with Crippen LogP contribution in [0.15, 0.2) is 60.7 Å². The minimum Gasteiger partial charge on any atom is -0.463 e. The molecular formula is C20H19NO4S. The van der Waals surface area contributed by atoms with Gasteiger partial charge in [0.05, 0.1) is 24.1 Å². The summed E-state index contributed by atoms with van der Waals surface area (Å²) >= 11 is 0. The molecule has 26 heavy (non-hydrogen) atoms. The highest BCUT2D eigenvalue weighted by Gasteiger charge is 2.22. The summed E-state index contributed by atoms with van der Waals surface area (Å²) < 4.78 is 31.4. The lowest BCUT2D eigenvalue weighted by molar-refractivity contribution is -0.137. The van der Waals surface area contributed by atoms with Crippen LogP contribution >= 0.6 is 0 Å². The van der Waals surface area contributed by atoms with Crippen LogP contribution in [0.4, 0.5) is 0 Å². The number of para-hydroxylation sites is 1. The fourth-order valence-electron chi connectivity index (χ4n) is 2.96. The van der Waals surface area contributed by atoms with Gasteiger partial charge in [0.1, 0.15) is 0 Å². The number of rotatable bonds is 5. The molecule has 0 amide bonds. The van der Waals surface area contributed by atoms with Crippen LogP contribution in [0, 0.1) is 0 Å². The predicted molar refractivity (Wildman–Crippen MR) is 103 cm³/mol. The van der Waals surface area contributed by atoms with Gasteiger partial charge in [0.2, 0.25) is 10.0 Å². The largest absolute Gasteiger partial charge is 0.463 e. The van der Waals surface area contributed by atoms with Crippen LogP contribution in [0.3, 0.4) is 0 Å². The fraction of sp³-hybridized carbons (Fsp3) is 0.150. The van der Waals surface area contributed by atoms with E-state index in [9.17, 15) is 13.2 Å². The molecule has 3 rings (SSSR count). The lowest BCUT2D eigenvalue weighted by Crippen LogP contribution is -2.11. The van der Waals surface area contributed by atoms with Crippen LogP contribution in [0.2, 0.25) is 0 Å². The van der Waals surface area contributed by atoms with E-state index in [1.165, 1.54) is 16.3 Å². The number of aromatic nitrogens is 1. The van der Waals surface area contributed by atoms with Crippen LogP contribution < -0.4 is 0 Å². The molecule has 0 aliphatic heterocycles. The second-order valence-corrected chi connectivity index (χ2v) is 7.59. The Morgan fingerprint density at radius 3 is 2.38 bits per heavy atom. The van der Waals surface area contributed by atoms with Crippen molar-refractivity contribution in [2.75, 3.05) is 12.9 Å². The maximum Gasteiger partial charge on any atom is 0.330 e. The van der Waals surface area contributed by atoms with Gasteiger partial charge in [0.15, 0.2) is 0 Å². The van der Waals surface area contributed by atoms with Gasteiger partial charge in [-0.05, 0) is 24.6 Å². The van der Waals surface area contributed by atoms with Gasteiger partial charge in [-0.15, -0.1) is 0 Å². The number of carbonyl (C=O) groups excluding carboxylic acids is 1. The lowest BCUT2D eigenvalue weighted by Gasteiger charge is -2.09. The highest BCUT2D eigenvalue weighted by Crippen LogP contribution is 2.35. The van der Waals surface area contributed by atoms with Gasteiger partial charge in [-0.25, -0.2) is 17.2 Å². The second kappa shape index (κ2) is 7.17. The summed E-state index contributed by atoms with van der Waals surface area (Å²) in [6.45, 7) is 2.01. The minimum absolute atomic E-state index is 0.278. The third kappa shape index (κ3) is 3.41. The van der Waals surface area contributed by atoms with E-state index >= 15 is 0 Å². The number of benzene rings is 2. The molecule has 6 heteroatoms. The van der Waals surface area contributed by atoms with E-state index in [2.05, 4.69) is 0 Å². The average molecular weight is 369 g/mol. The molecule has 0 aliphatic rings. The van der Waals surface area contributed by atoms with E-state index in [4.69, 9.17) is 4.74 Å². The molecule has 0 bridgehead atoms. The van der Waals surface area contributed by atoms with E-state index < -0.39 is 16.0 Å². The van der Waals surface area contributed by atoms with Crippen molar-refractivity contribution in [3.8, 4) is 11.3 Å². The van der Waals surface area contributed by atoms with Gasteiger partial charge in [0.25, 0.3) is 0 Å². The third-order valence-corrected chi connectivity index (χ3v) is 4.97. The summed E-state index contributed by atoms with van der Waals surface area (Å²) in [4.78, 5) is 11.8. The van der Waals surface area contributed by atoms with Crippen LogP contribution in [-0.2, 0) is 19.6 Å². The maximum absolute atomic E-state index is 12.5. The molecule has 0 atom stereocenters. The predicted octanol–water partition coefficient (Wildman–Crippen LogP) is 3.69. The van der Waals surface area contributed by atoms with Crippen molar-refractivity contribution in [2.45, 2.75) is 6.92 Å². The fourth-order valence-corrected chi connectivity index (χ4v) is 4.01. The second-order valence-electron chi connectivity index (χ2n) is 5.76. The summed E-state index contributed by atoms with van der Waals surface area (Å²) in [6.07, 6.45) is 4.11. The summed E-state index contributed by atoms with van der Waals surface area (Å²) in [6, 6.07) is 16.5. The normalized spacial score (nSPS) is 11.9. The summed E-state index contributed by atoms with van der Waals surface area (Å²) in [5, 5.41) is 0.748. The van der Waals surface area contributed by atoms with E-state index in [1.54, 1.807) is 25.1 Å². The van der Waals surface area contributed by atoms with Gasteiger partial charge >= 0.3 is 5.97 Å². The first-order valence-electron chi connectivity index (χ1n) is 8.17. The number of hydrogen-bond donors (Lipinski definition) is 0. The number of carbonyl (C=O) groups is 1. The first kappa shape index (κ1) is 17.9. The molecule has 0 aliphatic carbocycles. The zero-order valence-corrected chi connectivity index (χ0v) is 15.4. The number of esters is 1. The Labute approximate surface area is 152 Å². The molecule has 0 saturated carbocycles. The molecule has 0 unspecified atom stereocenters. The van der Waals surface area contributed by atoms with Gasteiger partial charge in [-0.2, -0.15) is 0 Å². The molecule has 3 aromatic rings. The average Bonchev–Trinajstić information content (AvgIpc) is 2.95. The van der Waals surface area contributed by atoms with Crippen molar-refractivity contribution < 1.29 is 17.9 Å². The molecular weight excluding hydrogens is 350 g/mol. The van der Waals surface area contributed by atoms with E-state index in [1.807, 2.05) is 42.5 Å². The molecule has 0 spiro atoms. The van der Waals surface area contributed by atoms with Crippen LogP contribution in [0.5, 0.6) is 0 Å². The van der Waals surface area contributed by atoms with Gasteiger partial charge in [-0.1, -0.05) is 48.5 Å². The molecule has 0 fully saturated rings. The zero-order chi connectivity index (χ0) is 18.7. The number of hydrogen-bond acceptors (Lipinski definition) is 4. The topological polar surface area (TPSA) is 65.4 Å². The molecule has 0 saturated heterocycles. The Bertz CT molecular complexity index is 1080. The van der Waals surface area contributed by atoms with Crippen LogP contribution in [0.1, 0.15) is 12.5 Å². The Kier molecular flexibility index (Phi) is 4.95. The maximum atomic E-state index is 12.5. The Morgan fingerprint density at radius 2 is 1.73 bits per heavy atom. The highest BCUT2D eigenvalue weighted by molar-refractivity contribution is 7.89. The standard InChI is InChI=1S/C20H19NO4S/c1-3-25-19(22)14-13-17-16-11-7-8-12-18(16)21(26(2,23)24)20(17)15-9-5-4-6-10-15/h4-14H,3H2,1-2H3/b14-13+. The molecule has 0 radical (unpaired) electrons. The molecule has 5 nitrogen and oxygen atoms in total. The molecule has 0 N–H and O–H groups in total. The van der Waals surface area contributed by atoms with E-state index in [0.717, 1.165) is 10.9 Å². The minimum atomic E-state index is -3.57. The van der Waals surface area contributed by atoms with Gasteiger partial charge in [-0.3, -0.25) is 0 Å². The third-order valence-electron chi connectivity index (χ3n) is 3.92. The molecule has 1 heterocycles. The molecule has 1 aromatic heterocycles. The van der Waals surface area contributed by atoms with Crippen LogP contribution in [0.25, 0.3) is 28.2 Å². The van der Waals surface area contributed by atoms with Crippen molar-refractivity contribution >= 4 is 33.0 Å². The first-order valence-corrected chi connectivity index (χ1v) is 10.0. The van der Waals surface area contributed by atoms with Crippen molar-refractivity contribution in [2.24, 2.45) is 0 Å². The van der Waals surface area contributed by atoms with E-state index in [-0.39, 0.29) is 6.61 Å². The van der Waals surface area contributed by atoms with Crippen molar-refractivity contribution in [3.63, 3.8) is 0 Å². The van der Waals surface area contributed by atoms with Gasteiger partial charge in [0, 0.05) is 17.0 Å². The number of ether oxygens (including phenoxy) is 1. The summed E-state index contributed by atoms with van der Waals surface area (Å²) in [7, 11) is -3.57. The quantitative estimate of drug-likeness (QED) is 0.508. The van der Waals surface area contributed by atoms with Gasteiger partial charge < -0.3 is 4.74 Å². The van der Waals surface area contributed by atoms with Crippen molar-refractivity contribution in [1.29, 1.82) is 0 Å². The Hall–Kier alpha value is -2.86. The zero-order valence-electron chi connectivity index (χ0n) is 14.5. The highest BCUT2D eigenvalue weighted by atomic mass is 32.2. The van der Waals surface area contributed by atoms with Crippen LogP contribution in [-0.4, -0.2) is 31.2 Å². The monoisotopic (exact) mass is 369 g/mol. The SMILES string of the molecule is CCOC(=O)/C=C/c1c(-c2ccccc2)n(S(C)(=O)=O)c2ccccc12. The summed E-state index contributed by atoms with van der Waals surface area (Å²) in [5.74, 6) is -0.470. The summed E-state index contributed by atoms with van der Waals surface area (Å²) in [5.41, 5.74) is 2.50. The molecule has 2 aromatic carbocycles. The lowest BCUT2D eigenvalue weighted by atomic mass is 10.0. The number of nitrogens with zero attached hydrogens (tertiary/aromatic N) is 1. The first-order chi connectivity index (χ1) is 12.4. The van der Waals surface area contributed by atoms with Crippen molar-refractivity contribution in [3.05, 3.63) is 66.2 Å². The number of fused-ring (bicyclic) bond motifs is 1.